The summed E-state index contributed by atoms with van der Waals surface area (Å²) in [5, 5.41) is 14.7. The second kappa shape index (κ2) is 12.4. The Morgan fingerprint density at radius 3 is 2.60 bits per heavy atom. The summed E-state index contributed by atoms with van der Waals surface area (Å²) >= 11 is 1.34. The number of anilines is 1. The first-order valence-electron chi connectivity index (χ1n) is 14.3. The molecule has 0 unspecified atom stereocenters. The fraction of sp³-hybridized carbons (Fsp3) is 0.323. The first-order valence-corrected chi connectivity index (χ1v) is 15.1. The molecule has 14 heteroatoms. The van der Waals surface area contributed by atoms with Crippen molar-refractivity contribution < 1.29 is 33.0 Å². The van der Waals surface area contributed by atoms with E-state index in [1.54, 1.807) is 40.7 Å². The third-order valence-corrected chi connectivity index (χ3v) is 9.04. The van der Waals surface area contributed by atoms with Crippen molar-refractivity contribution >= 4 is 40.8 Å². The molecule has 1 aromatic heterocycles. The lowest BCUT2D eigenvalue weighted by atomic mass is 9.92. The number of piperazine rings is 1. The van der Waals surface area contributed by atoms with Crippen LogP contribution in [-0.2, 0) is 20.7 Å². The number of esters is 1. The lowest BCUT2D eigenvalue weighted by Gasteiger charge is -2.38. The quantitative estimate of drug-likeness (QED) is 0.360. The predicted molar refractivity (Wildman–Crippen MR) is 162 cm³/mol. The van der Waals surface area contributed by atoms with Gasteiger partial charge < -0.3 is 20.1 Å². The van der Waals surface area contributed by atoms with Crippen LogP contribution in [0.1, 0.15) is 27.7 Å². The highest BCUT2D eigenvalue weighted by atomic mass is 32.1. The third-order valence-electron chi connectivity index (χ3n) is 8.26. The summed E-state index contributed by atoms with van der Waals surface area (Å²) in [7, 11) is 1.26. The molecule has 0 bridgehead atoms. The largest absolute Gasteiger partial charge is 0.481 e. The van der Waals surface area contributed by atoms with Crippen molar-refractivity contribution in [3.63, 3.8) is 0 Å². The monoisotopic (exact) mass is 636 g/mol. The highest BCUT2D eigenvalue weighted by molar-refractivity contribution is 7.11. The highest BCUT2D eigenvalue weighted by Crippen LogP contribution is 2.36. The number of carbonyl (C=O) groups excluding carboxylic acids is 2. The van der Waals surface area contributed by atoms with E-state index in [4.69, 9.17) is 14.8 Å². The lowest BCUT2D eigenvalue weighted by Crippen LogP contribution is -2.53. The maximum atomic E-state index is 14.7. The number of fused-ring (bicyclic) bond motifs is 1. The van der Waals surface area contributed by atoms with Crippen molar-refractivity contribution in [2.24, 2.45) is 4.99 Å². The number of rotatable bonds is 8. The molecular weight excluding hydrogens is 606 g/mol. The normalized spacial score (nSPS) is 20.2. The Labute approximate surface area is 261 Å². The minimum atomic E-state index is -1.01. The first-order chi connectivity index (χ1) is 21.6. The zero-order valence-electron chi connectivity index (χ0n) is 24.5. The Morgan fingerprint density at radius 1 is 1.13 bits per heavy atom. The Kier molecular flexibility index (Phi) is 8.34. The van der Waals surface area contributed by atoms with Gasteiger partial charge in [0, 0.05) is 55.7 Å². The Bertz CT molecular complexity index is 1710. The maximum Gasteiger partial charge on any atom is 0.338 e. The number of carboxylic acids is 1. The molecule has 3 aliphatic heterocycles. The van der Waals surface area contributed by atoms with Crippen molar-refractivity contribution in [1.82, 2.24) is 20.1 Å². The van der Waals surface area contributed by atoms with Crippen LogP contribution >= 0.6 is 11.3 Å². The summed E-state index contributed by atoms with van der Waals surface area (Å²) < 4.78 is 34.0. The minimum absolute atomic E-state index is 0.0408. The van der Waals surface area contributed by atoms with E-state index in [1.807, 2.05) is 4.90 Å². The molecule has 0 radical (unpaired) electrons. The van der Waals surface area contributed by atoms with Crippen molar-refractivity contribution in [2.45, 2.75) is 25.4 Å². The summed E-state index contributed by atoms with van der Waals surface area (Å²) in [6, 6.07) is 8.16. The molecule has 234 valence electrons. The molecule has 3 aliphatic rings. The van der Waals surface area contributed by atoms with Crippen LogP contribution in [0.5, 0.6) is 0 Å². The number of amides is 2. The summed E-state index contributed by atoms with van der Waals surface area (Å²) in [4.78, 5) is 52.4. The van der Waals surface area contributed by atoms with Gasteiger partial charge in [-0.3, -0.25) is 19.6 Å². The molecule has 0 spiro atoms. The number of halogens is 2. The molecule has 2 fully saturated rings. The molecule has 0 aliphatic carbocycles. The van der Waals surface area contributed by atoms with Crippen molar-refractivity contribution in [3.8, 4) is 0 Å². The number of aliphatic carboxylic acids is 1. The van der Waals surface area contributed by atoms with Gasteiger partial charge in [-0.25, -0.2) is 23.4 Å². The van der Waals surface area contributed by atoms with Crippen LogP contribution in [0.2, 0.25) is 0 Å². The molecule has 11 nitrogen and oxygen atoms in total. The number of hydrogen-bond donors (Lipinski definition) is 2. The second-order valence-corrected chi connectivity index (χ2v) is 11.9. The van der Waals surface area contributed by atoms with Gasteiger partial charge >= 0.3 is 18.0 Å². The standard InChI is InChI=1S/C31H30F2N6O5S/c1-17-21(7-8-22(32)26(17)33)27-25(30(42)44-2)23(35-28(36-27)29-34-9-12-45-29)16-37-10-11-38-20(14-37)15-39(31(38)43)19-5-3-18(4-6-19)13-24(40)41/h3-9,12,20,27H,10-11,13-16H2,1-2H3,(H,35,36)(H,40,41)/t20-,27-/m0/s1. The van der Waals surface area contributed by atoms with Crippen LogP contribution in [-0.4, -0.2) is 89.6 Å². The Balaban J connectivity index is 1.28. The maximum absolute atomic E-state index is 14.7. The number of aromatic nitrogens is 1. The molecule has 45 heavy (non-hydrogen) atoms. The molecule has 2 amide bonds. The van der Waals surface area contributed by atoms with E-state index in [-0.39, 0.29) is 36.2 Å². The van der Waals surface area contributed by atoms with Gasteiger partial charge in [0.05, 0.1) is 25.1 Å². The number of thiazole rings is 1. The molecule has 2 aromatic carbocycles. The van der Waals surface area contributed by atoms with Gasteiger partial charge in [0.2, 0.25) is 0 Å². The van der Waals surface area contributed by atoms with Crippen LogP contribution in [0.4, 0.5) is 19.3 Å². The average molecular weight is 637 g/mol. The van der Waals surface area contributed by atoms with E-state index in [2.05, 4.69) is 15.2 Å². The molecule has 2 atom stereocenters. The summed E-state index contributed by atoms with van der Waals surface area (Å²) in [6.45, 7) is 3.65. The number of ether oxygens (including phenoxy) is 1. The highest BCUT2D eigenvalue weighted by Gasteiger charge is 2.42. The Morgan fingerprint density at radius 2 is 1.91 bits per heavy atom. The number of hydrogen-bond acceptors (Lipinski definition) is 9. The van der Waals surface area contributed by atoms with E-state index >= 15 is 0 Å². The third kappa shape index (κ3) is 5.90. The number of methoxy groups -OCH3 is 1. The van der Waals surface area contributed by atoms with Crippen molar-refractivity contribution in [1.29, 1.82) is 0 Å². The van der Waals surface area contributed by atoms with Crippen molar-refractivity contribution in [3.05, 3.63) is 92.6 Å². The molecule has 4 heterocycles. The second-order valence-electron chi connectivity index (χ2n) is 11.0. The fourth-order valence-electron chi connectivity index (χ4n) is 6.03. The van der Waals surface area contributed by atoms with Crippen LogP contribution in [0.25, 0.3) is 0 Å². The number of aliphatic imine (C=N–C) groups is 1. The zero-order chi connectivity index (χ0) is 31.8. The first kappa shape index (κ1) is 30.3. The van der Waals surface area contributed by atoms with Gasteiger partial charge in [-0.15, -0.1) is 11.3 Å². The van der Waals surface area contributed by atoms with Gasteiger partial charge in [-0.2, -0.15) is 0 Å². The van der Waals surface area contributed by atoms with Crippen LogP contribution < -0.4 is 10.2 Å². The molecule has 0 saturated carbocycles. The average Bonchev–Trinajstić information content (AvgIpc) is 3.68. The zero-order valence-corrected chi connectivity index (χ0v) is 25.3. The lowest BCUT2D eigenvalue weighted by molar-refractivity contribution is -0.137. The van der Waals surface area contributed by atoms with Crippen LogP contribution in [0.3, 0.4) is 0 Å². The molecule has 2 N–H and O–H groups in total. The molecule has 3 aromatic rings. The van der Waals surface area contributed by atoms with Gasteiger partial charge in [0.25, 0.3) is 0 Å². The van der Waals surface area contributed by atoms with Crippen molar-refractivity contribution in [2.75, 3.05) is 44.7 Å². The minimum Gasteiger partial charge on any atom is -0.481 e. The number of carbonyl (C=O) groups is 3. The molecule has 6 rings (SSSR count). The van der Waals surface area contributed by atoms with Gasteiger partial charge in [0.15, 0.2) is 22.5 Å². The van der Waals surface area contributed by atoms with Gasteiger partial charge in [-0.1, -0.05) is 18.2 Å². The summed E-state index contributed by atoms with van der Waals surface area (Å²) in [5.41, 5.74) is 2.39. The van der Waals surface area contributed by atoms with Crippen LogP contribution in [0.15, 0.2) is 64.2 Å². The van der Waals surface area contributed by atoms with E-state index < -0.39 is 29.6 Å². The molecule has 2 saturated heterocycles. The Hall–Kier alpha value is -4.69. The number of benzene rings is 2. The number of carboxylic acid groups (broad SMARTS) is 1. The SMILES string of the molecule is COC(=O)C1=C(CN2CCN3C(=O)N(c4ccc(CC(=O)O)cc4)C[C@@H]3C2)NC(c2nccs2)=N[C@H]1c1ccc(F)c(F)c1C. The predicted octanol–water partition coefficient (Wildman–Crippen LogP) is 3.50. The number of nitrogens with one attached hydrogen (secondary N) is 1. The van der Waals surface area contributed by atoms with Crippen LogP contribution in [0, 0.1) is 18.6 Å². The van der Waals surface area contributed by atoms with Gasteiger partial charge in [0.1, 0.15) is 6.04 Å². The smallest absolute Gasteiger partial charge is 0.338 e. The van der Waals surface area contributed by atoms with E-state index in [1.165, 1.54) is 31.4 Å². The van der Waals surface area contributed by atoms with E-state index in [9.17, 15) is 23.2 Å². The topological polar surface area (TPSA) is 128 Å². The van der Waals surface area contributed by atoms with E-state index in [0.29, 0.717) is 59.5 Å². The summed E-state index contributed by atoms with van der Waals surface area (Å²) in [5.74, 6) is -3.18. The molecular formula is C31H30F2N6O5S. The van der Waals surface area contributed by atoms with Gasteiger partial charge in [-0.05, 0) is 41.8 Å². The number of amidine groups is 1. The number of urea groups is 1. The number of nitrogens with zero attached hydrogens (tertiary/aromatic N) is 5. The van der Waals surface area contributed by atoms with E-state index in [0.717, 1.165) is 6.07 Å². The fourth-order valence-corrected chi connectivity index (χ4v) is 6.62. The summed E-state index contributed by atoms with van der Waals surface area (Å²) in [6.07, 6.45) is 1.53.